The number of aromatic nitrogens is 4. The molecule has 0 saturated heterocycles. The van der Waals surface area contributed by atoms with E-state index in [-0.39, 0.29) is 50.9 Å². The summed E-state index contributed by atoms with van der Waals surface area (Å²) in [4.78, 5) is 4.70. The van der Waals surface area contributed by atoms with Crippen LogP contribution in [0.15, 0.2) is 351 Å². The molecule has 0 aliphatic carbocycles. The van der Waals surface area contributed by atoms with Crippen molar-refractivity contribution in [2.75, 3.05) is 0 Å². The van der Waals surface area contributed by atoms with Gasteiger partial charge in [-0.05, 0) is 130 Å². The van der Waals surface area contributed by atoms with Crippen molar-refractivity contribution in [3.63, 3.8) is 0 Å². The van der Waals surface area contributed by atoms with E-state index < -0.39 is 328 Å². The molecule has 0 aliphatic heterocycles. The van der Waals surface area contributed by atoms with Crippen molar-refractivity contribution >= 4 is 90.5 Å². The molecule has 0 spiro atoms. The first-order chi connectivity index (χ1) is 64.5. The minimum absolute atomic E-state index is 0.0140. The van der Waals surface area contributed by atoms with Crippen LogP contribution in [-0.4, -0.2) is 30.3 Å². The summed E-state index contributed by atoms with van der Waals surface area (Å²) < 4.78 is 407. The van der Waals surface area contributed by atoms with Crippen LogP contribution in [0.5, 0.6) is 11.5 Å². The highest BCUT2D eigenvalue weighted by Crippen LogP contribution is 2.38. The predicted octanol–water partition coefficient (Wildman–Crippen LogP) is 15.7. The number of para-hydroxylation sites is 2. The molecule has 3 aromatic heterocycles. The molecule has 460 valence electrons. The molecule has 0 N–H and O–H groups in total. The fourth-order valence-corrected chi connectivity index (χ4v) is 19.9. The van der Waals surface area contributed by atoms with Crippen molar-refractivity contribution in [2.45, 2.75) is 33.0 Å². The van der Waals surface area contributed by atoms with E-state index in [1.165, 1.54) is 69.8 Å². The Morgan fingerprint density at radius 3 is 1.57 bits per heavy atom. The molecular formula is C89H70N4OSi2. The summed E-state index contributed by atoms with van der Waals surface area (Å²) >= 11 is 0. The van der Waals surface area contributed by atoms with Crippen molar-refractivity contribution < 1.29 is 66.9 Å². The minimum atomic E-state index is -6.52. The Balaban J connectivity index is 1.06. The summed E-state index contributed by atoms with van der Waals surface area (Å²) in [5.41, 5.74) is -3.33. The summed E-state index contributed by atoms with van der Waals surface area (Å²) in [6, 6.07) is -16.2. The molecule has 0 atom stereocenters. The molecule has 0 amide bonds. The molecule has 3 heterocycles. The van der Waals surface area contributed by atoms with E-state index in [4.69, 9.17) is 28.9 Å². The maximum Gasteiger partial charge on any atom is 0.269 e. The minimum Gasteiger partial charge on any atom is -0.458 e. The lowest BCUT2D eigenvalue weighted by atomic mass is 9.85. The van der Waals surface area contributed by atoms with E-state index in [1.807, 2.05) is 0 Å². The molecule has 0 unspecified atom stereocenters. The van der Waals surface area contributed by atoms with Gasteiger partial charge >= 0.3 is 0 Å². The lowest BCUT2D eigenvalue weighted by molar-refractivity contribution is -0.572. The van der Waals surface area contributed by atoms with Crippen LogP contribution in [0.1, 0.15) is 89.5 Å². The number of rotatable bonds is 15. The quantitative estimate of drug-likeness (QED) is 0.0444. The van der Waals surface area contributed by atoms with Crippen LogP contribution < -0.4 is 50.8 Å². The highest BCUT2D eigenvalue weighted by atomic mass is 28.3. The van der Waals surface area contributed by atoms with Crippen LogP contribution in [0.2, 0.25) is 0 Å². The van der Waals surface area contributed by atoms with Gasteiger partial charge in [-0.3, -0.25) is 13.7 Å². The average molecular weight is 1310 g/mol. The van der Waals surface area contributed by atoms with Gasteiger partial charge in [-0.2, -0.15) is 0 Å². The van der Waals surface area contributed by atoms with Gasteiger partial charge in [0.25, 0.3) is 6.33 Å². The number of imidazole rings is 1. The van der Waals surface area contributed by atoms with Gasteiger partial charge in [0.15, 0.2) is 16.1 Å². The van der Waals surface area contributed by atoms with Gasteiger partial charge in [-0.15, -0.1) is 0 Å². The van der Waals surface area contributed by atoms with Crippen LogP contribution in [0, 0.1) is 13.2 Å². The normalized spacial score (nSPS) is 18.2. The Bertz CT molecular complexity index is 7570. The molecule has 0 aliphatic rings. The monoisotopic (exact) mass is 1310 g/mol. The van der Waals surface area contributed by atoms with Crippen LogP contribution in [0.25, 0.3) is 72.3 Å². The Morgan fingerprint density at radius 1 is 0.448 bits per heavy atom. The second-order valence-electron chi connectivity index (χ2n) is 22.9. The van der Waals surface area contributed by atoms with Gasteiger partial charge in [-0.1, -0.05) is 311 Å². The molecule has 7 heteroatoms. The maximum absolute atomic E-state index is 10.9. The number of ether oxygens (including phenoxy) is 1. The molecule has 0 saturated carbocycles. The van der Waals surface area contributed by atoms with Crippen LogP contribution in [0.3, 0.4) is 0 Å². The van der Waals surface area contributed by atoms with Crippen LogP contribution in [0.4, 0.5) is 0 Å². The standard InChI is InChI=1S/C89H70N4OSi2/c1-64-57-87(90-62-80(64)65-31-12-5-13-32-65)93-82-51-27-26-49-78(82)79-55-54-70(61-84(79)93)94-69-35-29-34-68(60-69)91-63-92(88-81(89(2,3)4)50-30-52-86(88)96(74-42-20-9-21-43-74,75-44-22-10-23-45-75)76-46-24-11-25-47-76)83-56-53-67(59-85(83)91)66-33-28-48-77(58-66)95(71-36-14-6-15-37-71,72-38-16-7-17-39-72)73-40-18-8-19-41-73/h5-62H,1-4H3/i1D3,5D,6D,7D,8D,9D,10D,11D,12D,13D,14D,15D,16D,17D,18D,19D,20D,21D,22D,23D,24D,25D,28D,31D,32D,33D,36D,37D,38D,39D,40D,41D,42D,43D,44D,45D,46D,47D,48D,58D. The number of fused-ring (bicyclic) bond motifs is 4. The number of aryl methyl sites for hydroxylation is 1. The maximum atomic E-state index is 10.9. The number of hydrogen-bond donors (Lipinski definition) is 0. The molecule has 5 nitrogen and oxygen atoms in total. The van der Waals surface area contributed by atoms with E-state index in [0.717, 1.165) is 6.20 Å². The van der Waals surface area contributed by atoms with Gasteiger partial charge in [0.05, 0.1) is 86.9 Å². The zero-order chi connectivity index (χ0) is 101. The van der Waals surface area contributed by atoms with Gasteiger partial charge < -0.3 is 4.74 Å². The molecule has 16 aromatic rings. The second kappa shape index (κ2) is 24.8. The van der Waals surface area contributed by atoms with E-state index >= 15 is 0 Å². The highest BCUT2D eigenvalue weighted by Gasteiger charge is 2.45. The third-order valence-corrected chi connectivity index (χ3v) is 24.7. The molecule has 0 fully saturated rings. The lowest BCUT2D eigenvalue weighted by Gasteiger charge is -2.38. The van der Waals surface area contributed by atoms with Gasteiger partial charge in [0.1, 0.15) is 17.3 Å². The SMILES string of the molecule is [2H]c1c([2H])c([2H])c(-c2cnc(-n3c4ccccc4c4ccc(Oc5cccc(-n6[c-][n+](-c7c(C(C)(C)C)cccc7[Si](c7c([2H])c([2H])c([2H])c([2H])c7[2H])(c7c([2H])c([2H])c([2H])c([2H])c7[2H])c7c([2H])c([2H])c([2H])c([2H])c7[2H])c7ccc(-c8c([2H])c([2H])c([2H])c([Si](c9c([2H])c([2H])c([2H])c([2H])c9[2H])(c9c([2H])c([2H])c([2H])c([2H])c9[2H])c9c([2H])c([2H])c([2H])c([2H])c9[2H])c8[2H])cc76)c5)cc43)cc2C([2H])([2H])[2H])c([2H])c1[2H]. The summed E-state index contributed by atoms with van der Waals surface area (Å²) in [5, 5.41) is -6.50. The van der Waals surface area contributed by atoms with Crippen molar-refractivity contribution in [2.24, 2.45) is 0 Å². The molecule has 16 rings (SSSR count). The fourth-order valence-electron chi connectivity index (χ4n) is 12.4. The first-order valence-electron chi connectivity index (χ1n) is 50.6. The van der Waals surface area contributed by atoms with Crippen molar-refractivity contribution in [1.82, 2.24) is 14.1 Å². The second-order valence-corrected chi connectivity index (χ2v) is 29.9. The molecule has 13 aromatic carbocycles. The third kappa shape index (κ3) is 10.3. The number of benzene rings is 13. The van der Waals surface area contributed by atoms with Crippen molar-refractivity contribution in [3.8, 4) is 50.9 Å². The van der Waals surface area contributed by atoms with Crippen LogP contribution >= 0.6 is 0 Å². The number of pyridine rings is 1. The predicted molar refractivity (Wildman–Crippen MR) is 404 cm³/mol. The topological polar surface area (TPSA) is 35.9 Å². The van der Waals surface area contributed by atoms with Crippen molar-refractivity contribution in [1.29, 1.82) is 0 Å². The number of hydrogen-bond acceptors (Lipinski definition) is 2. The molecule has 0 radical (unpaired) electrons. The highest BCUT2D eigenvalue weighted by molar-refractivity contribution is 7.20. The number of nitrogens with zero attached hydrogens (tertiary/aromatic N) is 4. The lowest BCUT2D eigenvalue weighted by Crippen LogP contribution is -2.76. The first-order valence-corrected chi connectivity index (χ1v) is 33.6. The third-order valence-electron chi connectivity index (χ3n) is 16.5. The summed E-state index contributed by atoms with van der Waals surface area (Å²) in [6.45, 7) is 2.04. The zero-order valence-corrected chi connectivity index (χ0v) is 52.7. The van der Waals surface area contributed by atoms with Gasteiger partial charge in [0.2, 0.25) is 0 Å². The Labute approximate surface area is 622 Å². The van der Waals surface area contributed by atoms with Gasteiger partial charge in [-0.25, -0.2) is 4.98 Å². The average Bonchev–Trinajstić information content (AvgIpc) is 0.782. The Hall–Kier alpha value is -11.5. The van der Waals surface area contributed by atoms with Crippen molar-refractivity contribution in [3.05, 3.63) is 369 Å². The Kier molecular flexibility index (Phi) is 7.59. The van der Waals surface area contributed by atoms with E-state index in [1.54, 1.807) is 73.9 Å². The summed E-state index contributed by atoms with van der Waals surface area (Å²) in [7, 11) is -12.7. The smallest absolute Gasteiger partial charge is 0.269 e. The van der Waals surface area contributed by atoms with E-state index in [2.05, 4.69) is 6.33 Å². The Morgan fingerprint density at radius 2 is 0.979 bits per heavy atom. The summed E-state index contributed by atoms with van der Waals surface area (Å²) in [6.07, 6.45) is 4.48. The molecule has 0 bridgehead atoms. The van der Waals surface area contributed by atoms with Gasteiger partial charge in [0, 0.05) is 32.7 Å². The largest absolute Gasteiger partial charge is 0.458 e. The van der Waals surface area contributed by atoms with E-state index in [0.29, 0.717) is 21.8 Å². The fraction of sp³-hybridized carbons (Fsp3) is 0.0562. The van der Waals surface area contributed by atoms with E-state index in [9.17, 15) is 38.4 Å². The zero-order valence-electron chi connectivity index (χ0n) is 92.7. The summed E-state index contributed by atoms with van der Waals surface area (Å²) in [5.74, 6) is 0.0128. The first kappa shape index (κ1) is 29.4. The van der Waals surface area contributed by atoms with Crippen LogP contribution in [-0.2, 0) is 5.41 Å². The molecular weight excluding hydrogens is 1200 g/mol. The molecule has 96 heavy (non-hydrogen) atoms.